The van der Waals surface area contributed by atoms with Crippen molar-refractivity contribution >= 4 is 23.2 Å². The molecule has 1 rings (SSSR count). The van der Waals surface area contributed by atoms with Crippen LogP contribution >= 0.6 is 11.3 Å². The van der Waals surface area contributed by atoms with Crippen LogP contribution in [0.15, 0.2) is 10.5 Å². The van der Waals surface area contributed by atoms with E-state index in [4.69, 9.17) is 10.3 Å². The molecule has 10 heteroatoms. The van der Waals surface area contributed by atoms with Gasteiger partial charge < -0.3 is 14.7 Å². The van der Waals surface area contributed by atoms with Crippen LogP contribution in [0, 0.1) is 11.8 Å². The van der Waals surface area contributed by atoms with E-state index in [1.807, 2.05) is 34.6 Å². The van der Waals surface area contributed by atoms with Gasteiger partial charge in [-0.25, -0.2) is 9.78 Å². The Hall–Kier alpha value is -2.16. The lowest BCUT2D eigenvalue weighted by molar-refractivity contribution is -0.138. The first-order chi connectivity index (χ1) is 14.7. The lowest BCUT2D eigenvalue weighted by Crippen LogP contribution is -2.49. The second-order valence-corrected chi connectivity index (χ2v) is 8.81. The van der Waals surface area contributed by atoms with E-state index in [1.165, 1.54) is 11.3 Å². The van der Waals surface area contributed by atoms with E-state index in [1.54, 1.807) is 17.2 Å². The second-order valence-electron chi connectivity index (χ2n) is 7.92. The first-order valence-corrected chi connectivity index (χ1v) is 11.7. The summed E-state index contributed by atoms with van der Waals surface area (Å²) in [5, 5.41) is 16.6. The number of hydrogen-bond donors (Lipinski definition) is 1. The van der Waals surface area contributed by atoms with Crippen LogP contribution in [0.3, 0.4) is 0 Å². The highest BCUT2D eigenvalue weighted by Gasteiger charge is 2.34. The summed E-state index contributed by atoms with van der Waals surface area (Å²) in [6, 6.07) is -1.06. The Morgan fingerprint density at radius 3 is 2.52 bits per heavy atom. The van der Waals surface area contributed by atoms with Crippen LogP contribution in [0.4, 0.5) is 0 Å². The van der Waals surface area contributed by atoms with Crippen LogP contribution in [-0.4, -0.2) is 52.1 Å². The van der Waals surface area contributed by atoms with Crippen LogP contribution in [0.5, 0.6) is 0 Å². The molecule has 1 heterocycles. The largest absolute Gasteiger partial charge is 0.461 e. The van der Waals surface area contributed by atoms with Crippen molar-refractivity contribution in [3.63, 3.8) is 0 Å². The van der Waals surface area contributed by atoms with Gasteiger partial charge in [0.1, 0.15) is 17.2 Å². The summed E-state index contributed by atoms with van der Waals surface area (Å²) in [5.74, 6) is -0.776. The highest BCUT2D eigenvalue weighted by molar-refractivity contribution is 7.09. The zero-order chi connectivity index (χ0) is 23.6. The number of nitrogens with zero attached hydrogens (tertiary/aromatic N) is 5. The molecule has 31 heavy (non-hydrogen) atoms. The SMILES string of the molecule is CCCN(C(=O)[C@@H](N=[N+]=[N-])C(C)CC)[C@@H](C[C@@H](O)c1nc(C(=O)OCC)cs1)C(C)C. The van der Waals surface area contributed by atoms with Crippen LogP contribution in [0.1, 0.15) is 82.4 Å². The van der Waals surface area contributed by atoms with Gasteiger partial charge in [0.05, 0.1) is 6.61 Å². The molecule has 174 valence electrons. The number of amides is 1. The highest BCUT2D eigenvalue weighted by Crippen LogP contribution is 2.29. The molecule has 1 N–H and O–H groups in total. The number of carbonyl (C=O) groups excluding carboxylic acids is 2. The van der Waals surface area contributed by atoms with Gasteiger partial charge in [-0.05, 0) is 30.7 Å². The fourth-order valence-corrected chi connectivity index (χ4v) is 4.15. The number of ether oxygens (including phenoxy) is 1. The number of rotatable bonds is 13. The predicted molar refractivity (Wildman–Crippen MR) is 121 cm³/mol. The summed E-state index contributed by atoms with van der Waals surface area (Å²) >= 11 is 1.19. The Kier molecular flexibility index (Phi) is 11.5. The molecule has 0 aliphatic rings. The molecule has 0 aliphatic carbocycles. The topological polar surface area (TPSA) is 128 Å². The average Bonchev–Trinajstić information content (AvgIpc) is 3.24. The normalized spacial score (nSPS) is 15.0. The van der Waals surface area contributed by atoms with E-state index in [9.17, 15) is 14.7 Å². The van der Waals surface area contributed by atoms with Crippen LogP contribution in [0.2, 0.25) is 0 Å². The van der Waals surface area contributed by atoms with E-state index in [-0.39, 0.29) is 42.5 Å². The first kappa shape index (κ1) is 26.9. The lowest BCUT2D eigenvalue weighted by Gasteiger charge is -2.37. The summed E-state index contributed by atoms with van der Waals surface area (Å²) in [6.45, 7) is 12.3. The molecular formula is C21H35N5O4S. The Morgan fingerprint density at radius 1 is 1.32 bits per heavy atom. The van der Waals surface area contributed by atoms with Gasteiger partial charge in [0.15, 0.2) is 5.69 Å². The molecule has 1 aromatic rings. The third kappa shape index (κ3) is 7.48. The van der Waals surface area contributed by atoms with Crippen molar-refractivity contribution in [1.82, 2.24) is 9.88 Å². The van der Waals surface area contributed by atoms with E-state index < -0.39 is 18.1 Å². The maximum Gasteiger partial charge on any atom is 0.357 e. The number of aromatic nitrogens is 1. The Bertz CT molecular complexity index is 763. The monoisotopic (exact) mass is 453 g/mol. The lowest BCUT2D eigenvalue weighted by atomic mass is 9.93. The number of thiazole rings is 1. The summed E-state index contributed by atoms with van der Waals surface area (Å²) in [7, 11) is 0. The minimum absolute atomic E-state index is 0.0540. The molecule has 4 atom stereocenters. The van der Waals surface area contributed by atoms with Crippen LogP contribution < -0.4 is 0 Å². The van der Waals surface area contributed by atoms with E-state index in [0.29, 0.717) is 18.0 Å². The second kappa shape index (κ2) is 13.3. The van der Waals surface area contributed by atoms with E-state index >= 15 is 0 Å². The molecule has 0 aromatic carbocycles. The summed E-state index contributed by atoms with van der Waals surface area (Å²) < 4.78 is 4.96. The summed E-state index contributed by atoms with van der Waals surface area (Å²) in [5.41, 5.74) is 9.14. The molecule has 0 fully saturated rings. The van der Waals surface area contributed by atoms with Crippen LogP contribution in [-0.2, 0) is 9.53 Å². The van der Waals surface area contributed by atoms with Gasteiger partial charge in [0, 0.05) is 29.3 Å². The fraction of sp³-hybridized carbons (Fsp3) is 0.762. The van der Waals surface area contributed by atoms with Gasteiger partial charge >= 0.3 is 5.97 Å². The molecule has 0 bridgehead atoms. The van der Waals surface area contributed by atoms with Crippen molar-refractivity contribution in [3.8, 4) is 0 Å². The van der Waals surface area contributed by atoms with Gasteiger partial charge in [-0.3, -0.25) is 4.79 Å². The summed E-state index contributed by atoms with van der Waals surface area (Å²) in [4.78, 5) is 34.1. The number of aliphatic hydroxyl groups is 1. The van der Waals surface area contributed by atoms with Crippen molar-refractivity contribution < 1.29 is 19.4 Å². The fourth-order valence-electron chi connectivity index (χ4n) is 3.36. The third-order valence-corrected chi connectivity index (χ3v) is 6.23. The molecule has 0 saturated heterocycles. The van der Waals surface area contributed by atoms with E-state index in [0.717, 1.165) is 6.42 Å². The zero-order valence-corrected chi connectivity index (χ0v) is 20.1. The molecular weight excluding hydrogens is 418 g/mol. The smallest absolute Gasteiger partial charge is 0.357 e. The maximum absolute atomic E-state index is 13.4. The first-order valence-electron chi connectivity index (χ1n) is 10.9. The third-order valence-electron chi connectivity index (χ3n) is 5.29. The number of azide groups is 1. The maximum atomic E-state index is 13.4. The van der Waals surface area contributed by atoms with Gasteiger partial charge in [-0.15, -0.1) is 11.3 Å². The minimum Gasteiger partial charge on any atom is -0.461 e. The number of esters is 1. The predicted octanol–water partition coefficient (Wildman–Crippen LogP) is 4.73. The molecule has 1 unspecified atom stereocenters. The van der Waals surface area contributed by atoms with Gasteiger partial charge in [-0.2, -0.15) is 0 Å². The Morgan fingerprint density at radius 2 is 2.00 bits per heavy atom. The van der Waals surface area contributed by atoms with Crippen molar-refractivity contribution in [2.45, 2.75) is 79.0 Å². The number of hydrogen-bond acceptors (Lipinski definition) is 7. The average molecular weight is 454 g/mol. The van der Waals surface area contributed by atoms with Crippen molar-refractivity contribution in [3.05, 3.63) is 26.5 Å². The molecule has 1 amide bonds. The highest BCUT2D eigenvalue weighted by atomic mass is 32.1. The minimum atomic E-state index is -0.936. The zero-order valence-electron chi connectivity index (χ0n) is 19.3. The van der Waals surface area contributed by atoms with Crippen molar-refractivity contribution in [2.75, 3.05) is 13.2 Å². The molecule has 9 nitrogen and oxygen atoms in total. The standard InChI is InChI=1S/C21H35N5O4S/c1-7-10-26(20(28)18(24-25-22)14(6)8-2)16(13(4)5)11-17(27)19-23-15(12-31-19)21(29)30-9-3/h12-14,16-18,27H,7-11H2,1-6H3/t14?,16-,17+,18-/m0/s1. The Labute approximate surface area is 188 Å². The molecule has 0 radical (unpaired) electrons. The summed E-state index contributed by atoms with van der Waals surface area (Å²) in [6.07, 6.45) is 0.774. The van der Waals surface area contributed by atoms with Gasteiger partial charge in [0.25, 0.3) is 0 Å². The molecule has 0 saturated carbocycles. The number of carbonyl (C=O) groups is 2. The quantitative estimate of drug-likeness (QED) is 0.200. The molecule has 1 aromatic heterocycles. The van der Waals surface area contributed by atoms with Crippen molar-refractivity contribution in [1.29, 1.82) is 0 Å². The van der Waals surface area contributed by atoms with Gasteiger partial charge in [-0.1, -0.05) is 46.2 Å². The van der Waals surface area contributed by atoms with E-state index in [2.05, 4.69) is 15.0 Å². The van der Waals surface area contributed by atoms with Gasteiger partial charge in [0.2, 0.25) is 5.91 Å². The number of aliphatic hydroxyl groups excluding tert-OH is 1. The Balaban J connectivity index is 3.13. The molecule has 0 aliphatic heterocycles. The van der Waals surface area contributed by atoms with Crippen molar-refractivity contribution in [2.24, 2.45) is 17.0 Å². The van der Waals surface area contributed by atoms with Crippen LogP contribution in [0.25, 0.3) is 10.4 Å². The molecule has 0 spiro atoms.